The van der Waals surface area contributed by atoms with E-state index >= 15 is 0 Å². The summed E-state index contributed by atoms with van der Waals surface area (Å²) in [6, 6.07) is 7.72. The van der Waals surface area contributed by atoms with Crippen LogP contribution in [0.1, 0.15) is 18.5 Å². The molecule has 0 spiro atoms. The highest BCUT2D eigenvalue weighted by Crippen LogP contribution is 2.21. The third kappa shape index (κ3) is 2.57. The molecule has 5 heteroatoms. The molecular formula is C13H15N3O2. The van der Waals surface area contributed by atoms with E-state index in [1.807, 2.05) is 36.1 Å². The lowest BCUT2D eigenvalue weighted by molar-refractivity contribution is -0.419. The second-order valence-corrected chi connectivity index (χ2v) is 4.25. The van der Waals surface area contributed by atoms with Crippen molar-refractivity contribution in [3.8, 4) is 0 Å². The monoisotopic (exact) mass is 245 g/mol. The molecule has 1 aliphatic rings. The summed E-state index contributed by atoms with van der Waals surface area (Å²) in [5.74, 6) is 0. The molecule has 1 aromatic carbocycles. The Morgan fingerprint density at radius 2 is 2.06 bits per heavy atom. The molecule has 0 radical (unpaired) electrons. The van der Waals surface area contributed by atoms with Crippen LogP contribution in [-0.2, 0) is 0 Å². The third-order valence-corrected chi connectivity index (χ3v) is 2.84. The highest BCUT2D eigenvalue weighted by molar-refractivity contribution is 5.53. The van der Waals surface area contributed by atoms with E-state index < -0.39 is 0 Å². The first-order valence-electron chi connectivity index (χ1n) is 5.73. The van der Waals surface area contributed by atoms with Crippen LogP contribution in [-0.4, -0.2) is 11.5 Å². The molecule has 2 N–H and O–H groups in total. The van der Waals surface area contributed by atoms with Crippen LogP contribution in [0.4, 0.5) is 5.69 Å². The van der Waals surface area contributed by atoms with Gasteiger partial charge in [-0.05, 0) is 24.6 Å². The van der Waals surface area contributed by atoms with Crippen molar-refractivity contribution >= 4 is 5.69 Å². The molecule has 94 valence electrons. The van der Waals surface area contributed by atoms with Gasteiger partial charge >= 0.3 is 0 Å². The molecule has 0 amide bonds. The molecule has 5 nitrogen and oxygen atoms in total. The van der Waals surface area contributed by atoms with Gasteiger partial charge in [0.25, 0.3) is 5.70 Å². The summed E-state index contributed by atoms with van der Waals surface area (Å²) >= 11 is 0. The van der Waals surface area contributed by atoms with Crippen LogP contribution in [0, 0.1) is 10.1 Å². The Labute approximate surface area is 105 Å². The van der Waals surface area contributed by atoms with E-state index in [1.54, 1.807) is 12.3 Å². The first kappa shape index (κ1) is 12.3. The van der Waals surface area contributed by atoms with E-state index in [1.165, 1.54) is 6.08 Å². The fraction of sp³-hybridized carbons (Fsp3) is 0.231. The van der Waals surface area contributed by atoms with Crippen molar-refractivity contribution in [2.24, 2.45) is 5.73 Å². The molecule has 2 rings (SSSR count). The number of hydrogen-bond acceptors (Lipinski definition) is 4. The van der Waals surface area contributed by atoms with Crippen molar-refractivity contribution in [2.75, 3.05) is 11.4 Å². The zero-order chi connectivity index (χ0) is 13.1. The predicted octanol–water partition coefficient (Wildman–Crippen LogP) is 2.20. The Hall–Kier alpha value is -2.14. The minimum absolute atomic E-state index is 0.00909. The average molecular weight is 245 g/mol. The van der Waals surface area contributed by atoms with E-state index in [2.05, 4.69) is 0 Å². The van der Waals surface area contributed by atoms with Gasteiger partial charge in [0.05, 0.1) is 11.1 Å². The normalized spacial score (nSPS) is 16.3. The molecule has 1 atom stereocenters. The number of hydrogen-bond donors (Lipinski definition) is 1. The molecule has 0 aromatic heterocycles. The van der Waals surface area contributed by atoms with Gasteiger partial charge in [-0.15, -0.1) is 0 Å². The summed E-state index contributed by atoms with van der Waals surface area (Å²) in [5.41, 5.74) is 7.84. The maximum Gasteiger partial charge on any atom is 0.285 e. The van der Waals surface area contributed by atoms with Crippen LogP contribution in [0.3, 0.4) is 0 Å². The molecule has 0 aliphatic carbocycles. The minimum Gasteiger partial charge on any atom is -0.338 e. The number of nitrogens with two attached hydrogens (primary N) is 1. The van der Waals surface area contributed by atoms with Crippen LogP contribution in [0.5, 0.6) is 0 Å². The molecule has 0 saturated carbocycles. The number of rotatable bonds is 3. The van der Waals surface area contributed by atoms with E-state index in [0.717, 1.165) is 11.3 Å². The van der Waals surface area contributed by atoms with E-state index in [0.29, 0.717) is 6.54 Å². The first-order valence-corrected chi connectivity index (χ1v) is 5.73. The van der Waals surface area contributed by atoms with Gasteiger partial charge in [0.15, 0.2) is 0 Å². The molecule has 18 heavy (non-hydrogen) atoms. The van der Waals surface area contributed by atoms with Crippen molar-refractivity contribution in [3.63, 3.8) is 0 Å². The SMILES string of the molecule is CC(N)c1ccc(N2C=C([N+](=O)[O-])C=CC2)cc1. The maximum atomic E-state index is 10.7. The topological polar surface area (TPSA) is 72.4 Å². The van der Waals surface area contributed by atoms with Crippen LogP contribution in [0.15, 0.2) is 48.3 Å². The van der Waals surface area contributed by atoms with Crippen LogP contribution in [0.2, 0.25) is 0 Å². The van der Waals surface area contributed by atoms with Gasteiger partial charge in [-0.3, -0.25) is 10.1 Å². The summed E-state index contributed by atoms with van der Waals surface area (Å²) in [4.78, 5) is 12.2. The summed E-state index contributed by atoms with van der Waals surface area (Å²) in [7, 11) is 0. The van der Waals surface area contributed by atoms with E-state index in [4.69, 9.17) is 5.73 Å². The van der Waals surface area contributed by atoms with Crippen molar-refractivity contribution in [3.05, 3.63) is 64.0 Å². The quantitative estimate of drug-likeness (QED) is 0.654. The van der Waals surface area contributed by atoms with Crippen LogP contribution >= 0.6 is 0 Å². The minimum atomic E-state index is -0.390. The number of anilines is 1. The lowest BCUT2D eigenvalue weighted by atomic mass is 10.1. The lowest BCUT2D eigenvalue weighted by Gasteiger charge is -2.21. The Morgan fingerprint density at radius 3 is 2.61 bits per heavy atom. The van der Waals surface area contributed by atoms with E-state index in [-0.39, 0.29) is 16.7 Å². The van der Waals surface area contributed by atoms with Gasteiger partial charge in [-0.1, -0.05) is 18.2 Å². The number of benzene rings is 1. The van der Waals surface area contributed by atoms with Crippen molar-refractivity contribution in [2.45, 2.75) is 13.0 Å². The summed E-state index contributed by atoms with van der Waals surface area (Å²) < 4.78 is 0. The summed E-state index contributed by atoms with van der Waals surface area (Å²) in [6.07, 6.45) is 4.84. The zero-order valence-corrected chi connectivity index (χ0v) is 10.1. The van der Waals surface area contributed by atoms with Crippen LogP contribution < -0.4 is 10.6 Å². The van der Waals surface area contributed by atoms with Crippen molar-refractivity contribution in [1.29, 1.82) is 0 Å². The average Bonchev–Trinajstić information content (AvgIpc) is 2.39. The first-order chi connectivity index (χ1) is 8.58. The van der Waals surface area contributed by atoms with E-state index in [9.17, 15) is 10.1 Å². The lowest BCUT2D eigenvalue weighted by Crippen LogP contribution is -2.21. The van der Waals surface area contributed by atoms with Gasteiger partial charge in [-0.2, -0.15) is 0 Å². The second kappa shape index (κ2) is 5.01. The number of nitrogens with zero attached hydrogens (tertiary/aromatic N) is 2. The zero-order valence-electron chi connectivity index (χ0n) is 10.1. The molecule has 1 heterocycles. The standard InChI is InChI=1S/C13H15N3O2/c1-10(14)11-4-6-12(7-5-11)15-8-2-3-13(9-15)16(17)18/h2-7,9-10H,8,14H2,1H3. The fourth-order valence-corrected chi connectivity index (χ4v) is 1.80. The molecule has 1 aliphatic heterocycles. The largest absolute Gasteiger partial charge is 0.338 e. The van der Waals surface area contributed by atoms with Gasteiger partial charge in [0.2, 0.25) is 0 Å². The summed E-state index contributed by atoms with van der Waals surface area (Å²) in [6.45, 7) is 2.55. The highest BCUT2D eigenvalue weighted by Gasteiger charge is 2.14. The van der Waals surface area contributed by atoms with Crippen LogP contribution in [0.25, 0.3) is 0 Å². The Morgan fingerprint density at radius 1 is 1.39 bits per heavy atom. The maximum absolute atomic E-state index is 10.7. The van der Waals surface area contributed by atoms with Crippen molar-refractivity contribution in [1.82, 2.24) is 0 Å². The number of nitro groups is 1. The van der Waals surface area contributed by atoms with Gasteiger partial charge in [0.1, 0.15) is 0 Å². The second-order valence-electron chi connectivity index (χ2n) is 4.25. The highest BCUT2D eigenvalue weighted by atomic mass is 16.6. The molecule has 0 saturated heterocycles. The molecule has 1 unspecified atom stereocenters. The van der Waals surface area contributed by atoms with Gasteiger partial charge < -0.3 is 10.6 Å². The Balaban J connectivity index is 2.22. The van der Waals surface area contributed by atoms with Gasteiger partial charge in [-0.25, -0.2) is 0 Å². The molecular weight excluding hydrogens is 230 g/mol. The third-order valence-electron chi connectivity index (χ3n) is 2.84. The summed E-state index contributed by atoms with van der Waals surface area (Å²) in [5, 5.41) is 10.7. The number of allylic oxidation sites excluding steroid dienone is 1. The molecule has 0 bridgehead atoms. The Bertz CT molecular complexity index is 503. The predicted molar refractivity (Wildman–Crippen MR) is 70.6 cm³/mol. The smallest absolute Gasteiger partial charge is 0.285 e. The fourth-order valence-electron chi connectivity index (χ4n) is 1.80. The van der Waals surface area contributed by atoms with Crippen molar-refractivity contribution < 1.29 is 4.92 Å². The Kier molecular flexibility index (Phi) is 3.43. The molecule has 0 fully saturated rings. The van der Waals surface area contributed by atoms with Gasteiger partial charge in [0, 0.05) is 24.4 Å². The molecule has 1 aromatic rings.